The fourth-order valence-electron chi connectivity index (χ4n) is 1.89. The Labute approximate surface area is 121 Å². The number of Topliss-reactive ketones (excluding diaryl/α,β-unsaturated/α-hetero) is 1. The Hall–Kier alpha value is -1.95. The van der Waals surface area contributed by atoms with Gasteiger partial charge in [0.15, 0.2) is 6.61 Å². The second-order valence-electron chi connectivity index (χ2n) is 4.59. The van der Waals surface area contributed by atoms with Crippen LogP contribution in [0.4, 0.5) is 0 Å². The molecule has 2 heterocycles. The molecule has 0 N–H and O–H groups in total. The third-order valence-electron chi connectivity index (χ3n) is 3.13. The molecule has 0 amide bonds. The Morgan fingerprint density at radius 2 is 2.00 bits per heavy atom. The van der Waals surface area contributed by atoms with E-state index in [-0.39, 0.29) is 12.4 Å². The Kier molecular flexibility index (Phi) is 4.04. The van der Waals surface area contributed by atoms with E-state index in [4.69, 9.17) is 4.74 Å². The van der Waals surface area contributed by atoms with Crippen molar-refractivity contribution in [2.45, 2.75) is 20.8 Å². The molecule has 0 fully saturated rings. The van der Waals surface area contributed by atoms with Crippen molar-refractivity contribution in [1.29, 1.82) is 0 Å². The second-order valence-corrected chi connectivity index (χ2v) is 6.05. The molecule has 0 aromatic carbocycles. The number of hydrogen-bond donors (Lipinski definition) is 0. The molecule has 106 valence electrons. The summed E-state index contributed by atoms with van der Waals surface area (Å²) in [4.78, 5) is 25.9. The van der Waals surface area contributed by atoms with Crippen LogP contribution in [0.25, 0.3) is 0 Å². The van der Waals surface area contributed by atoms with E-state index >= 15 is 0 Å². The minimum absolute atomic E-state index is 0.179. The predicted molar refractivity (Wildman–Crippen MR) is 76.4 cm³/mol. The zero-order valence-electron chi connectivity index (χ0n) is 11.9. The van der Waals surface area contributed by atoms with Gasteiger partial charge in [-0.05, 0) is 26.8 Å². The zero-order valence-corrected chi connectivity index (χ0v) is 12.7. The highest BCUT2D eigenvalue weighted by Gasteiger charge is 2.18. The molecule has 0 saturated carbocycles. The highest BCUT2D eigenvalue weighted by Crippen LogP contribution is 2.21. The Bertz CT molecular complexity index is 656. The van der Waals surface area contributed by atoms with Crippen molar-refractivity contribution < 1.29 is 14.3 Å². The third kappa shape index (κ3) is 2.80. The summed E-state index contributed by atoms with van der Waals surface area (Å²) in [6.45, 7) is 5.36. The molecule has 2 rings (SSSR count). The van der Waals surface area contributed by atoms with Crippen LogP contribution in [0.3, 0.4) is 0 Å². The van der Waals surface area contributed by atoms with Crippen molar-refractivity contribution in [2.75, 3.05) is 6.61 Å². The molecule has 5 nitrogen and oxygen atoms in total. The fraction of sp³-hybridized carbons (Fsp3) is 0.357. The van der Waals surface area contributed by atoms with Gasteiger partial charge in [-0.15, -0.1) is 11.3 Å². The summed E-state index contributed by atoms with van der Waals surface area (Å²) in [6.07, 6.45) is 1.45. The van der Waals surface area contributed by atoms with Gasteiger partial charge in [0.1, 0.15) is 5.56 Å². The molecule has 20 heavy (non-hydrogen) atoms. The molecule has 0 atom stereocenters. The number of carbonyl (C=O) groups excluding carboxylic acids is 2. The molecule has 0 unspecified atom stereocenters. The van der Waals surface area contributed by atoms with Crippen LogP contribution in [0.2, 0.25) is 0 Å². The minimum atomic E-state index is -0.520. The summed E-state index contributed by atoms with van der Waals surface area (Å²) in [5.74, 6) is -0.699. The first-order valence-corrected chi connectivity index (χ1v) is 6.97. The van der Waals surface area contributed by atoms with Crippen LogP contribution < -0.4 is 0 Å². The lowest BCUT2D eigenvalue weighted by Gasteiger charge is -2.03. The van der Waals surface area contributed by atoms with Gasteiger partial charge in [0, 0.05) is 28.1 Å². The van der Waals surface area contributed by atoms with Crippen molar-refractivity contribution in [3.05, 3.63) is 38.8 Å². The van der Waals surface area contributed by atoms with E-state index in [0.717, 1.165) is 9.75 Å². The van der Waals surface area contributed by atoms with Gasteiger partial charge in [-0.25, -0.2) is 4.79 Å². The molecule has 0 spiro atoms. The Morgan fingerprint density at radius 1 is 1.30 bits per heavy atom. The standard InChI is InChI=1S/C14H16N2O3S/c1-8-5-11(10(3)20-8)13(17)7-19-14(18)12-6-15-16(4)9(12)2/h5-6H,7H2,1-4H3. The molecule has 0 radical (unpaired) electrons. The molecule has 0 aliphatic heterocycles. The molecular weight excluding hydrogens is 276 g/mol. The van der Waals surface area contributed by atoms with Gasteiger partial charge in [-0.3, -0.25) is 9.48 Å². The monoisotopic (exact) mass is 292 g/mol. The van der Waals surface area contributed by atoms with E-state index in [0.29, 0.717) is 16.8 Å². The number of hydrogen-bond acceptors (Lipinski definition) is 5. The number of ketones is 1. The minimum Gasteiger partial charge on any atom is -0.454 e. The number of ether oxygens (including phenoxy) is 1. The molecule has 6 heteroatoms. The number of carbonyl (C=O) groups is 2. The number of aromatic nitrogens is 2. The normalized spacial score (nSPS) is 10.6. The second kappa shape index (κ2) is 5.58. The maximum absolute atomic E-state index is 12.0. The van der Waals surface area contributed by atoms with Crippen LogP contribution in [-0.4, -0.2) is 28.1 Å². The smallest absolute Gasteiger partial charge is 0.342 e. The maximum atomic E-state index is 12.0. The van der Waals surface area contributed by atoms with E-state index < -0.39 is 5.97 Å². The quantitative estimate of drug-likeness (QED) is 0.641. The van der Waals surface area contributed by atoms with Gasteiger partial charge in [0.05, 0.1) is 6.20 Å². The molecule has 2 aromatic rings. The topological polar surface area (TPSA) is 61.2 Å². The molecular formula is C14H16N2O3S. The van der Waals surface area contributed by atoms with Gasteiger partial charge in [-0.1, -0.05) is 0 Å². The molecule has 2 aromatic heterocycles. The lowest BCUT2D eigenvalue weighted by molar-refractivity contribution is 0.0474. The first-order chi connectivity index (χ1) is 9.40. The third-order valence-corrected chi connectivity index (χ3v) is 4.10. The summed E-state index contributed by atoms with van der Waals surface area (Å²) in [7, 11) is 1.74. The van der Waals surface area contributed by atoms with Crippen molar-refractivity contribution in [2.24, 2.45) is 7.05 Å². The van der Waals surface area contributed by atoms with E-state index in [1.165, 1.54) is 6.20 Å². The number of aryl methyl sites for hydroxylation is 3. The summed E-state index contributed by atoms with van der Waals surface area (Å²) in [5.41, 5.74) is 1.73. The van der Waals surface area contributed by atoms with Gasteiger partial charge in [-0.2, -0.15) is 5.10 Å². The highest BCUT2D eigenvalue weighted by molar-refractivity contribution is 7.12. The van der Waals surface area contributed by atoms with Crippen LogP contribution in [0.1, 0.15) is 36.2 Å². The van der Waals surface area contributed by atoms with Crippen molar-refractivity contribution >= 4 is 23.1 Å². The van der Waals surface area contributed by atoms with Crippen molar-refractivity contribution in [1.82, 2.24) is 9.78 Å². The largest absolute Gasteiger partial charge is 0.454 e. The average Bonchev–Trinajstić information content (AvgIpc) is 2.90. The van der Waals surface area contributed by atoms with Gasteiger partial charge in [0.2, 0.25) is 5.78 Å². The number of nitrogens with zero attached hydrogens (tertiary/aromatic N) is 2. The Morgan fingerprint density at radius 3 is 2.50 bits per heavy atom. The van der Waals surface area contributed by atoms with Gasteiger partial charge in [0.25, 0.3) is 0 Å². The number of esters is 1. The Balaban J connectivity index is 2.02. The lowest BCUT2D eigenvalue weighted by atomic mass is 10.2. The lowest BCUT2D eigenvalue weighted by Crippen LogP contribution is -2.15. The van der Waals surface area contributed by atoms with E-state index in [1.807, 2.05) is 19.9 Å². The molecule has 0 aliphatic carbocycles. The van der Waals surface area contributed by atoms with E-state index in [2.05, 4.69) is 5.10 Å². The number of thiophene rings is 1. The van der Waals surface area contributed by atoms with Crippen LogP contribution in [0, 0.1) is 20.8 Å². The number of rotatable bonds is 4. The van der Waals surface area contributed by atoms with Crippen molar-refractivity contribution in [3.63, 3.8) is 0 Å². The fourth-order valence-corrected chi connectivity index (χ4v) is 2.84. The first kappa shape index (κ1) is 14.5. The van der Waals surface area contributed by atoms with Crippen LogP contribution in [0.5, 0.6) is 0 Å². The summed E-state index contributed by atoms with van der Waals surface area (Å²) in [6, 6.07) is 1.82. The van der Waals surface area contributed by atoms with Gasteiger partial charge < -0.3 is 4.74 Å². The molecule has 0 aliphatic rings. The molecule has 0 bridgehead atoms. The van der Waals surface area contributed by atoms with E-state index in [1.54, 1.807) is 30.0 Å². The van der Waals surface area contributed by atoms with E-state index in [9.17, 15) is 9.59 Å². The maximum Gasteiger partial charge on any atom is 0.342 e. The van der Waals surface area contributed by atoms with Crippen LogP contribution in [-0.2, 0) is 11.8 Å². The highest BCUT2D eigenvalue weighted by atomic mass is 32.1. The molecule has 0 saturated heterocycles. The van der Waals surface area contributed by atoms with Crippen LogP contribution >= 0.6 is 11.3 Å². The van der Waals surface area contributed by atoms with Gasteiger partial charge >= 0.3 is 5.97 Å². The summed E-state index contributed by atoms with van der Waals surface area (Å²) >= 11 is 1.56. The summed E-state index contributed by atoms with van der Waals surface area (Å²) in [5, 5.41) is 3.97. The van der Waals surface area contributed by atoms with Crippen LogP contribution in [0.15, 0.2) is 12.3 Å². The average molecular weight is 292 g/mol. The first-order valence-electron chi connectivity index (χ1n) is 6.16. The SMILES string of the molecule is Cc1cc(C(=O)COC(=O)c2cnn(C)c2C)c(C)s1. The predicted octanol–water partition coefficient (Wildman–Crippen LogP) is 2.45. The van der Waals surface area contributed by atoms with Crippen molar-refractivity contribution in [3.8, 4) is 0 Å². The zero-order chi connectivity index (χ0) is 14.9. The summed E-state index contributed by atoms with van der Waals surface area (Å²) < 4.78 is 6.65.